The number of hydrogen-bond acceptors (Lipinski definition) is 5. The number of para-hydroxylation sites is 1. The molecule has 5 aromatic rings. The van der Waals surface area contributed by atoms with Crippen molar-refractivity contribution in [1.29, 1.82) is 0 Å². The number of nitrogens with one attached hydrogen (secondary N) is 3. The number of nitrogens with zero attached hydrogens (tertiary/aromatic N) is 2. The van der Waals surface area contributed by atoms with E-state index in [0.29, 0.717) is 23.2 Å². The normalized spacial score (nSPS) is 15.2. The van der Waals surface area contributed by atoms with E-state index >= 15 is 0 Å². The Morgan fingerprint density at radius 1 is 1.15 bits per heavy atom. The van der Waals surface area contributed by atoms with Crippen LogP contribution in [0.4, 0.5) is 0 Å². The van der Waals surface area contributed by atoms with Gasteiger partial charge in [-0.15, -0.1) is 11.3 Å². The first-order valence-corrected chi connectivity index (χ1v) is 14.0. The van der Waals surface area contributed by atoms with Gasteiger partial charge in [0.1, 0.15) is 26.7 Å². The highest BCUT2D eigenvalue weighted by atomic mass is 32.1. The molecule has 3 N–H and O–H groups in total. The molecule has 202 valence electrons. The van der Waals surface area contributed by atoms with Crippen LogP contribution >= 0.6 is 11.3 Å². The summed E-state index contributed by atoms with van der Waals surface area (Å²) >= 11 is 1.36. The molecule has 0 fully saturated rings. The summed E-state index contributed by atoms with van der Waals surface area (Å²) in [5, 5.41) is 6.91. The highest BCUT2D eigenvalue weighted by Crippen LogP contribution is 2.35. The molecule has 3 aromatic heterocycles. The average Bonchev–Trinajstić information content (AvgIpc) is 3.30. The molecule has 0 radical (unpaired) electrons. The van der Waals surface area contributed by atoms with Gasteiger partial charge in [0.2, 0.25) is 5.91 Å². The Balaban J connectivity index is 1.33. The second-order valence-corrected chi connectivity index (χ2v) is 10.9. The molecule has 2 amide bonds. The smallest absolute Gasteiger partial charge is 0.267 e. The summed E-state index contributed by atoms with van der Waals surface area (Å²) in [5.74, 6) is 1.31. The van der Waals surface area contributed by atoms with Gasteiger partial charge in [-0.25, -0.2) is 4.98 Å². The predicted molar refractivity (Wildman–Crippen MR) is 159 cm³/mol. The lowest BCUT2D eigenvalue weighted by Crippen LogP contribution is -2.35. The zero-order valence-electron chi connectivity index (χ0n) is 22.3. The first kappa shape index (κ1) is 25.6. The molecule has 0 spiro atoms. The number of aromatic nitrogens is 3. The fraction of sp³-hybridized carbons (Fsp3) is 0.194. The number of carbonyl (C=O) groups excluding carboxylic acids is 2. The molecule has 0 bridgehead atoms. The molecule has 0 aliphatic heterocycles. The zero-order chi connectivity index (χ0) is 27.8. The number of amides is 2. The van der Waals surface area contributed by atoms with Gasteiger partial charge in [-0.1, -0.05) is 30.9 Å². The number of benzene rings is 2. The van der Waals surface area contributed by atoms with Gasteiger partial charge in [0.05, 0.1) is 22.1 Å². The molecule has 8 nitrogen and oxygen atoms in total. The summed E-state index contributed by atoms with van der Waals surface area (Å²) in [6.45, 7) is 7.87. The van der Waals surface area contributed by atoms with E-state index in [4.69, 9.17) is 4.74 Å². The number of pyridine rings is 1. The van der Waals surface area contributed by atoms with E-state index in [1.165, 1.54) is 18.3 Å². The molecule has 6 rings (SSSR count). The molecule has 1 unspecified atom stereocenters. The molecule has 1 aliphatic carbocycles. The summed E-state index contributed by atoms with van der Waals surface area (Å²) in [7, 11) is 0. The lowest BCUT2D eigenvalue weighted by Gasteiger charge is -2.22. The predicted octanol–water partition coefficient (Wildman–Crippen LogP) is 5.66. The van der Waals surface area contributed by atoms with Crippen molar-refractivity contribution in [3.63, 3.8) is 0 Å². The van der Waals surface area contributed by atoms with Gasteiger partial charge >= 0.3 is 0 Å². The molecule has 9 heteroatoms. The standard InChI is InChI=1S/C31H29N5O3S/c1-18-17-24(39-23-7-5-4-6-8-23)13-14-25(18)36-19(2)33-28-27-26(36)15-16-32-31(27)40-29(28)30(38)35-22-11-9-21(10-12-22)34-20(3)37/h4-8,11,13-17,21,33H,2,9-10,12H2,1,3H3,(H,34,37)(H,35,38). The molecule has 2 aromatic carbocycles. The maximum Gasteiger partial charge on any atom is 0.267 e. The Kier molecular flexibility index (Phi) is 6.73. The third kappa shape index (κ3) is 4.91. The Bertz CT molecular complexity index is 1850. The van der Waals surface area contributed by atoms with Crippen LogP contribution in [0.2, 0.25) is 0 Å². The Hall–Kier alpha value is -4.63. The van der Waals surface area contributed by atoms with Crippen LogP contribution in [0.1, 0.15) is 41.4 Å². The second kappa shape index (κ2) is 10.5. The van der Waals surface area contributed by atoms with E-state index in [9.17, 15) is 9.59 Å². The molecule has 1 atom stereocenters. The number of rotatable bonds is 6. The summed E-state index contributed by atoms with van der Waals surface area (Å²) in [6, 6.07) is 17.7. The molecule has 0 saturated heterocycles. The van der Waals surface area contributed by atoms with Gasteiger partial charge in [-0.3, -0.25) is 14.2 Å². The fourth-order valence-corrected chi connectivity index (χ4v) is 6.24. The summed E-state index contributed by atoms with van der Waals surface area (Å²) in [5.41, 5.74) is 5.11. The number of aromatic amines is 1. The van der Waals surface area contributed by atoms with Gasteiger partial charge in [0, 0.05) is 24.9 Å². The topological polar surface area (TPSA) is 101 Å². The summed E-state index contributed by atoms with van der Waals surface area (Å²) in [4.78, 5) is 34.1. The van der Waals surface area contributed by atoms with E-state index in [2.05, 4.69) is 31.7 Å². The van der Waals surface area contributed by atoms with Gasteiger partial charge in [-0.05, 0) is 68.1 Å². The van der Waals surface area contributed by atoms with Crippen molar-refractivity contribution in [1.82, 2.24) is 25.2 Å². The summed E-state index contributed by atoms with van der Waals surface area (Å²) in [6.07, 6.45) is 5.93. The van der Waals surface area contributed by atoms with E-state index in [1.54, 1.807) is 6.20 Å². The molecule has 3 heterocycles. The van der Waals surface area contributed by atoms with Crippen LogP contribution in [0.25, 0.3) is 33.5 Å². The van der Waals surface area contributed by atoms with Crippen molar-refractivity contribution in [2.75, 3.05) is 0 Å². The molecule has 1 aliphatic rings. The third-order valence-electron chi connectivity index (χ3n) is 7.04. The van der Waals surface area contributed by atoms with Crippen molar-refractivity contribution >= 4 is 51.0 Å². The lowest BCUT2D eigenvalue weighted by atomic mass is 9.99. The minimum Gasteiger partial charge on any atom is -0.457 e. The first-order chi connectivity index (χ1) is 19.4. The van der Waals surface area contributed by atoms with Gasteiger partial charge in [0.25, 0.3) is 5.91 Å². The van der Waals surface area contributed by atoms with Crippen LogP contribution < -0.4 is 20.9 Å². The third-order valence-corrected chi connectivity index (χ3v) is 8.13. The fourth-order valence-electron chi connectivity index (χ4n) is 5.23. The zero-order valence-corrected chi connectivity index (χ0v) is 23.1. The second-order valence-electron chi connectivity index (χ2n) is 9.94. The van der Waals surface area contributed by atoms with Crippen LogP contribution in [0.3, 0.4) is 0 Å². The number of allylic oxidation sites excluding steroid dienone is 1. The van der Waals surface area contributed by atoms with Crippen molar-refractivity contribution in [2.45, 2.75) is 39.2 Å². The van der Waals surface area contributed by atoms with Crippen molar-refractivity contribution in [3.05, 3.63) is 88.5 Å². The van der Waals surface area contributed by atoms with Gasteiger partial charge < -0.3 is 20.4 Å². The molecular weight excluding hydrogens is 522 g/mol. The van der Waals surface area contributed by atoms with Crippen molar-refractivity contribution in [3.8, 4) is 17.2 Å². The van der Waals surface area contributed by atoms with Crippen LogP contribution in [0.5, 0.6) is 11.5 Å². The first-order valence-electron chi connectivity index (χ1n) is 13.2. The maximum absolute atomic E-state index is 13.4. The highest BCUT2D eigenvalue weighted by molar-refractivity contribution is 7.21. The molecule has 40 heavy (non-hydrogen) atoms. The number of thiophene rings is 1. The average molecular weight is 552 g/mol. The number of ether oxygens (including phenoxy) is 1. The van der Waals surface area contributed by atoms with E-state index in [1.807, 2.05) is 67.6 Å². The largest absolute Gasteiger partial charge is 0.457 e. The number of carbonyl (C=O) groups is 2. The lowest BCUT2D eigenvalue weighted by molar-refractivity contribution is -0.119. The van der Waals surface area contributed by atoms with E-state index in [-0.39, 0.29) is 17.9 Å². The van der Waals surface area contributed by atoms with Gasteiger partial charge in [0.15, 0.2) is 0 Å². The number of hydrogen-bond donors (Lipinski definition) is 3. The highest BCUT2D eigenvalue weighted by Gasteiger charge is 2.23. The SMILES string of the molecule is C=c1[nH]c2c(C(=O)NC3=CCC(NC(C)=O)CC3)sc3nccc(c32)n1-c1ccc(Oc2ccccc2)cc1C. The van der Waals surface area contributed by atoms with Crippen molar-refractivity contribution < 1.29 is 14.3 Å². The number of H-pyrrole nitrogens is 1. The molecule has 0 saturated carbocycles. The minimum atomic E-state index is -0.180. The quantitative estimate of drug-likeness (QED) is 0.253. The van der Waals surface area contributed by atoms with Crippen LogP contribution in [0.15, 0.2) is 72.6 Å². The monoisotopic (exact) mass is 551 g/mol. The summed E-state index contributed by atoms with van der Waals surface area (Å²) < 4.78 is 8.08. The molecular formula is C31H29N5O3S. The number of aryl methyl sites for hydroxylation is 1. The van der Waals surface area contributed by atoms with Crippen molar-refractivity contribution in [2.24, 2.45) is 0 Å². The van der Waals surface area contributed by atoms with Gasteiger partial charge in [-0.2, -0.15) is 0 Å². The Morgan fingerprint density at radius 3 is 2.70 bits per heavy atom. The van der Waals surface area contributed by atoms with Crippen LogP contribution in [-0.4, -0.2) is 32.4 Å². The van der Waals surface area contributed by atoms with Crippen LogP contribution in [0, 0.1) is 6.92 Å². The van der Waals surface area contributed by atoms with Crippen LogP contribution in [-0.2, 0) is 4.79 Å². The maximum atomic E-state index is 13.4. The van der Waals surface area contributed by atoms with E-state index in [0.717, 1.165) is 56.1 Å². The Morgan fingerprint density at radius 2 is 1.98 bits per heavy atom. The Labute approximate surface area is 235 Å². The van der Waals surface area contributed by atoms with E-state index < -0.39 is 0 Å². The minimum absolute atomic E-state index is 0.0365.